The Kier molecular flexibility index (Phi) is 4.44. The van der Waals surface area contributed by atoms with E-state index in [1.165, 1.54) is 24.1 Å². The number of hydrogen-bond donors (Lipinski definition) is 0. The van der Waals surface area contributed by atoms with E-state index in [1.54, 1.807) is 12.1 Å². The van der Waals surface area contributed by atoms with E-state index in [2.05, 4.69) is 21.0 Å². The Morgan fingerprint density at radius 2 is 2.00 bits per heavy atom. The van der Waals surface area contributed by atoms with Crippen LogP contribution < -0.4 is 0 Å². The molecule has 0 aromatic heterocycles. The highest BCUT2D eigenvalue weighted by Crippen LogP contribution is 2.34. The van der Waals surface area contributed by atoms with Crippen LogP contribution >= 0.6 is 15.9 Å². The Hall–Kier alpha value is -2.54. The zero-order chi connectivity index (χ0) is 17.3. The van der Waals surface area contributed by atoms with E-state index < -0.39 is 4.92 Å². The molecule has 0 unspecified atom stereocenters. The quantitative estimate of drug-likeness (QED) is 0.588. The number of carbonyl (C=O) groups excluding carboxylic acids is 1. The molecule has 0 radical (unpaired) electrons. The van der Waals surface area contributed by atoms with Crippen LogP contribution in [-0.4, -0.2) is 21.6 Å². The number of benzene rings is 2. The number of halogens is 1. The maximum absolute atomic E-state index is 12.0. The topological polar surface area (TPSA) is 75.8 Å². The van der Waals surface area contributed by atoms with Gasteiger partial charge in [-0.2, -0.15) is 5.10 Å². The first kappa shape index (κ1) is 16.3. The third kappa shape index (κ3) is 3.21. The minimum atomic E-state index is -0.437. The van der Waals surface area contributed by atoms with Crippen molar-refractivity contribution in [2.24, 2.45) is 5.10 Å². The van der Waals surface area contributed by atoms with Gasteiger partial charge >= 0.3 is 0 Å². The maximum Gasteiger partial charge on any atom is 0.269 e. The molecule has 0 saturated heterocycles. The van der Waals surface area contributed by atoms with E-state index >= 15 is 0 Å². The summed E-state index contributed by atoms with van der Waals surface area (Å²) in [6.45, 7) is 1.44. The summed E-state index contributed by atoms with van der Waals surface area (Å²) in [5, 5.41) is 16.8. The highest BCUT2D eigenvalue weighted by atomic mass is 79.9. The van der Waals surface area contributed by atoms with Gasteiger partial charge in [-0.15, -0.1) is 0 Å². The Balaban J connectivity index is 1.95. The molecule has 2 aromatic rings. The predicted molar refractivity (Wildman–Crippen MR) is 93.7 cm³/mol. The van der Waals surface area contributed by atoms with E-state index in [0.717, 1.165) is 15.7 Å². The fourth-order valence-electron chi connectivity index (χ4n) is 2.72. The molecule has 0 bridgehead atoms. The number of nitro groups is 1. The smallest absolute Gasteiger partial charge is 0.269 e. The van der Waals surface area contributed by atoms with Crippen molar-refractivity contribution < 1.29 is 9.72 Å². The highest BCUT2D eigenvalue weighted by Gasteiger charge is 2.32. The second-order valence-electron chi connectivity index (χ2n) is 5.49. The Morgan fingerprint density at radius 1 is 1.29 bits per heavy atom. The third-order valence-electron chi connectivity index (χ3n) is 3.88. The van der Waals surface area contributed by atoms with E-state index in [0.29, 0.717) is 12.0 Å². The second kappa shape index (κ2) is 6.52. The molecular formula is C17H14BrN3O3. The lowest BCUT2D eigenvalue weighted by atomic mass is 9.98. The van der Waals surface area contributed by atoms with Crippen LogP contribution in [0.3, 0.4) is 0 Å². The molecule has 2 aromatic carbocycles. The van der Waals surface area contributed by atoms with Gasteiger partial charge in [-0.05, 0) is 23.3 Å². The normalized spacial score (nSPS) is 16.8. The number of nitro benzene ring substituents is 1. The van der Waals surface area contributed by atoms with Gasteiger partial charge in [-0.1, -0.05) is 40.2 Å². The first-order valence-electron chi connectivity index (χ1n) is 7.33. The van der Waals surface area contributed by atoms with Crippen molar-refractivity contribution in [2.75, 3.05) is 0 Å². The average molecular weight is 388 g/mol. The van der Waals surface area contributed by atoms with Gasteiger partial charge in [0.15, 0.2) is 0 Å². The van der Waals surface area contributed by atoms with Gasteiger partial charge in [0.25, 0.3) is 5.69 Å². The van der Waals surface area contributed by atoms with Gasteiger partial charge in [0.1, 0.15) is 0 Å². The number of rotatable bonds is 3. The van der Waals surface area contributed by atoms with Crippen molar-refractivity contribution in [3.05, 3.63) is 74.2 Å². The van der Waals surface area contributed by atoms with E-state index in [1.807, 2.05) is 24.3 Å². The van der Waals surface area contributed by atoms with Gasteiger partial charge in [0.2, 0.25) is 5.91 Å². The van der Waals surface area contributed by atoms with Crippen LogP contribution in [0.2, 0.25) is 0 Å². The summed E-state index contributed by atoms with van der Waals surface area (Å²) in [7, 11) is 0. The van der Waals surface area contributed by atoms with Crippen LogP contribution in [0.25, 0.3) is 0 Å². The molecule has 3 rings (SSSR count). The number of amides is 1. The van der Waals surface area contributed by atoms with Gasteiger partial charge in [-0.3, -0.25) is 14.9 Å². The first-order valence-corrected chi connectivity index (χ1v) is 8.12. The van der Waals surface area contributed by atoms with E-state index in [-0.39, 0.29) is 17.6 Å². The molecule has 0 spiro atoms. The summed E-state index contributed by atoms with van der Waals surface area (Å²) in [6, 6.07) is 13.7. The Labute approximate surface area is 147 Å². The van der Waals surface area contributed by atoms with Gasteiger partial charge in [-0.25, -0.2) is 5.01 Å². The van der Waals surface area contributed by atoms with Crippen molar-refractivity contribution >= 4 is 33.2 Å². The lowest BCUT2D eigenvalue weighted by molar-refractivity contribution is -0.384. The van der Waals surface area contributed by atoms with Crippen LogP contribution in [0.4, 0.5) is 5.69 Å². The summed E-state index contributed by atoms with van der Waals surface area (Å²) in [6.07, 6.45) is 0.516. The van der Waals surface area contributed by atoms with Crippen LogP contribution in [0, 0.1) is 10.1 Å². The summed E-state index contributed by atoms with van der Waals surface area (Å²) in [5.74, 6) is -0.196. The predicted octanol–water partition coefficient (Wildman–Crippen LogP) is 4.05. The van der Waals surface area contributed by atoms with Crippen molar-refractivity contribution in [3.8, 4) is 0 Å². The first-order chi connectivity index (χ1) is 11.5. The van der Waals surface area contributed by atoms with Crippen LogP contribution in [-0.2, 0) is 4.79 Å². The standard InChI is InChI=1S/C17H14BrN3O3/c1-11(22)20-17(13-3-2-4-15(9-13)21(23)24)10-16(19-20)12-5-7-14(18)8-6-12/h2-9,17H,10H2,1H3/t17-/m1/s1. The number of nitrogens with zero attached hydrogens (tertiary/aromatic N) is 3. The third-order valence-corrected chi connectivity index (χ3v) is 4.40. The lowest BCUT2D eigenvalue weighted by Gasteiger charge is -2.20. The molecule has 7 heteroatoms. The van der Waals surface area contributed by atoms with E-state index in [9.17, 15) is 14.9 Å². The summed E-state index contributed by atoms with van der Waals surface area (Å²) >= 11 is 3.39. The largest absolute Gasteiger partial charge is 0.273 e. The van der Waals surface area contributed by atoms with Gasteiger partial charge in [0.05, 0.1) is 16.7 Å². The lowest BCUT2D eigenvalue weighted by Crippen LogP contribution is -2.24. The van der Waals surface area contributed by atoms with Crippen LogP contribution in [0.15, 0.2) is 58.1 Å². The number of carbonyl (C=O) groups is 1. The molecule has 0 aliphatic carbocycles. The average Bonchev–Trinajstić information content (AvgIpc) is 3.01. The zero-order valence-corrected chi connectivity index (χ0v) is 14.4. The minimum absolute atomic E-state index is 0.00749. The second-order valence-corrected chi connectivity index (χ2v) is 6.40. The molecule has 6 nitrogen and oxygen atoms in total. The summed E-state index contributed by atoms with van der Waals surface area (Å²) in [4.78, 5) is 22.5. The SMILES string of the molecule is CC(=O)N1N=C(c2ccc(Br)cc2)C[C@@H]1c1cccc([N+](=O)[O-])c1. The number of non-ortho nitro benzene ring substituents is 1. The molecule has 1 aliphatic rings. The van der Waals surface area contributed by atoms with Crippen molar-refractivity contribution in [1.29, 1.82) is 0 Å². The number of hydrazone groups is 1. The molecule has 1 amide bonds. The monoisotopic (exact) mass is 387 g/mol. The van der Waals surface area contributed by atoms with Crippen molar-refractivity contribution in [2.45, 2.75) is 19.4 Å². The molecule has 1 heterocycles. The molecule has 24 heavy (non-hydrogen) atoms. The number of hydrogen-bond acceptors (Lipinski definition) is 4. The van der Waals surface area contributed by atoms with E-state index in [4.69, 9.17) is 0 Å². The summed E-state index contributed by atoms with van der Waals surface area (Å²) < 4.78 is 0.962. The Bertz CT molecular complexity index is 833. The molecule has 0 saturated carbocycles. The fraction of sp³-hybridized carbons (Fsp3) is 0.176. The van der Waals surface area contributed by atoms with Crippen LogP contribution in [0.5, 0.6) is 0 Å². The zero-order valence-electron chi connectivity index (χ0n) is 12.8. The molecule has 0 N–H and O–H groups in total. The van der Waals surface area contributed by atoms with Crippen molar-refractivity contribution in [1.82, 2.24) is 5.01 Å². The molecule has 1 atom stereocenters. The minimum Gasteiger partial charge on any atom is -0.273 e. The molecule has 122 valence electrons. The molecule has 1 aliphatic heterocycles. The fourth-order valence-corrected chi connectivity index (χ4v) is 2.99. The van der Waals surface area contributed by atoms with Gasteiger partial charge < -0.3 is 0 Å². The summed E-state index contributed by atoms with van der Waals surface area (Å²) in [5.41, 5.74) is 2.43. The molecule has 0 fully saturated rings. The van der Waals surface area contributed by atoms with Crippen molar-refractivity contribution in [3.63, 3.8) is 0 Å². The van der Waals surface area contributed by atoms with Gasteiger partial charge in [0, 0.05) is 30.0 Å². The Morgan fingerprint density at radius 3 is 2.62 bits per heavy atom. The molecular weight excluding hydrogens is 374 g/mol. The maximum atomic E-state index is 12.0. The highest BCUT2D eigenvalue weighted by molar-refractivity contribution is 9.10. The van der Waals surface area contributed by atoms with Crippen LogP contribution in [0.1, 0.15) is 30.5 Å².